The molecule has 0 aliphatic heterocycles. The Morgan fingerprint density at radius 2 is 1.06 bits per heavy atom. The van der Waals surface area contributed by atoms with Gasteiger partial charge in [0.1, 0.15) is 0 Å². The normalized spacial score (nSPS) is 12.2. The van der Waals surface area contributed by atoms with Gasteiger partial charge in [-0.25, -0.2) is 0 Å². The molecule has 0 N–H and O–H groups in total. The summed E-state index contributed by atoms with van der Waals surface area (Å²) < 4.78 is 2.42. The Morgan fingerprint density at radius 3 is 1.80 bits per heavy atom. The van der Waals surface area contributed by atoms with Gasteiger partial charge in [-0.3, -0.25) is 0 Å². The molecule has 49 heavy (non-hydrogen) atoms. The molecule has 2 heterocycles. The third-order valence-electron chi connectivity index (χ3n) is 10.00. The molecule has 8 aromatic carbocycles. The van der Waals surface area contributed by atoms with E-state index in [0.717, 1.165) is 22.1 Å². The van der Waals surface area contributed by atoms with Crippen molar-refractivity contribution in [3.8, 4) is 11.1 Å². The molecule has 0 spiro atoms. The van der Waals surface area contributed by atoms with Crippen molar-refractivity contribution in [2.24, 2.45) is 0 Å². The predicted molar refractivity (Wildman–Crippen MR) is 213 cm³/mol. The number of benzene rings is 8. The number of fused-ring (bicyclic) bond motifs is 10. The summed E-state index contributed by atoms with van der Waals surface area (Å²) in [6.07, 6.45) is 0. The van der Waals surface area contributed by atoms with Crippen LogP contribution >= 0.6 is 5.51 Å². The molecule has 0 atom stereocenters. The van der Waals surface area contributed by atoms with Gasteiger partial charge in [-0.05, 0) is 0 Å². The summed E-state index contributed by atoms with van der Waals surface area (Å²) in [6, 6.07) is 64.3. The SMILES string of the molecule is [Se]=P(c1ccccc1)(c1ccccc1)c1ccc2c3cc4ccccc4cc3c3nc4ccc(-c5cccc6ccccc56)cc4n3c2c1. The zero-order valence-corrected chi connectivity index (χ0v) is 29.1. The first kappa shape index (κ1) is 28.7. The summed E-state index contributed by atoms with van der Waals surface area (Å²) in [7, 11) is 0. The van der Waals surface area contributed by atoms with Gasteiger partial charge in [0.05, 0.1) is 0 Å². The summed E-state index contributed by atoms with van der Waals surface area (Å²) in [5, 5.41) is 12.5. The molecule has 0 unspecified atom stereocenters. The number of rotatable bonds is 4. The van der Waals surface area contributed by atoms with Gasteiger partial charge in [-0.15, -0.1) is 0 Å². The summed E-state index contributed by atoms with van der Waals surface area (Å²) in [6.45, 7) is 0. The summed E-state index contributed by atoms with van der Waals surface area (Å²) in [5.74, 6) is 0. The zero-order chi connectivity index (χ0) is 32.5. The fourth-order valence-corrected chi connectivity index (χ4v) is 12.6. The topological polar surface area (TPSA) is 17.3 Å². The fourth-order valence-electron chi connectivity index (χ4n) is 7.64. The molecule has 0 fully saturated rings. The molecule has 0 bridgehead atoms. The molecule has 2 nitrogen and oxygen atoms in total. The quantitative estimate of drug-likeness (QED) is 0.0771. The van der Waals surface area contributed by atoms with Gasteiger partial charge < -0.3 is 0 Å². The second kappa shape index (κ2) is 11.1. The molecule has 0 saturated heterocycles. The second-order valence-corrected chi connectivity index (χ2v) is 18.9. The molecular weight excluding hydrogens is 678 g/mol. The molecule has 230 valence electrons. The minimum atomic E-state index is -2.09. The van der Waals surface area contributed by atoms with Crippen LogP contribution in [0.5, 0.6) is 0 Å². The molecule has 4 heteroatoms. The van der Waals surface area contributed by atoms with Crippen molar-refractivity contribution in [3.05, 3.63) is 176 Å². The van der Waals surface area contributed by atoms with Crippen LogP contribution in [0.15, 0.2) is 176 Å². The van der Waals surface area contributed by atoms with Gasteiger partial charge in [0.2, 0.25) is 0 Å². The van der Waals surface area contributed by atoms with Crippen LogP contribution in [-0.4, -0.2) is 24.5 Å². The number of hydrogen-bond donors (Lipinski definition) is 0. The average Bonchev–Trinajstić information content (AvgIpc) is 3.57. The van der Waals surface area contributed by atoms with Gasteiger partial charge >= 0.3 is 287 Å². The summed E-state index contributed by atoms with van der Waals surface area (Å²) >= 11 is 3.78. The molecule has 2 aromatic heterocycles. The number of aromatic nitrogens is 2. The molecular formula is C45H29N2PSe. The third-order valence-corrected chi connectivity index (χ3v) is 17.0. The fraction of sp³-hybridized carbons (Fsp3) is 0. The van der Waals surface area contributed by atoms with Crippen molar-refractivity contribution in [2.45, 2.75) is 0 Å². The van der Waals surface area contributed by atoms with E-state index < -0.39 is 5.51 Å². The van der Waals surface area contributed by atoms with Crippen molar-refractivity contribution >= 4 is 96.4 Å². The van der Waals surface area contributed by atoms with Crippen LogP contribution in [-0.2, 0) is 0 Å². The molecule has 0 aliphatic carbocycles. The standard InChI is InChI=1S/C45H29N2PSe/c49-48(34-16-3-1-4-17-34,35-18-5-2-6-19-35)36-23-24-39-40-26-31-13-7-8-14-32(31)27-41(40)45-46-42-25-22-33(28-44(42)47(45)43(39)29-36)38-21-11-15-30-12-9-10-20-37(30)38/h1-29H. The third kappa shape index (κ3) is 4.41. The first-order valence-corrected chi connectivity index (χ1v) is 20.6. The molecule has 10 aromatic rings. The van der Waals surface area contributed by atoms with Crippen LogP contribution in [0.4, 0.5) is 0 Å². The van der Waals surface area contributed by atoms with Gasteiger partial charge in [-0.2, -0.15) is 0 Å². The van der Waals surface area contributed by atoms with Gasteiger partial charge in [0.15, 0.2) is 0 Å². The van der Waals surface area contributed by atoms with Gasteiger partial charge in [-0.1, -0.05) is 6.07 Å². The Kier molecular flexibility index (Phi) is 6.51. The summed E-state index contributed by atoms with van der Waals surface area (Å²) in [5.41, 5.74) is 4.58. The molecule has 0 aliphatic rings. The first-order valence-electron chi connectivity index (χ1n) is 16.6. The maximum absolute atomic E-state index is 5.37. The number of imidazole rings is 1. The van der Waals surface area contributed by atoms with Crippen LogP contribution in [0.25, 0.3) is 71.0 Å². The monoisotopic (exact) mass is 708 g/mol. The molecule has 0 saturated carbocycles. The number of nitrogens with zero attached hydrogens (tertiary/aromatic N) is 2. The Hall–Kier alpha value is -5.30. The van der Waals surface area contributed by atoms with Crippen molar-refractivity contribution in [1.29, 1.82) is 0 Å². The van der Waals surface area contributed by atoms with Crippen LogP contribution < -0.4 is 15.9 Å². The van der Waals surface area contributed by atoms with Gasteiger partial charge in [0, 0.05) is 0 Å². The zero-order valence-electron chi connectivity index (χ0n) is 26.5. The second-order valence-electron chi connectivity index (χ2n) is 12.7. The van der Waals surface area contributed by atoms with Crippen LogP contribution in [0.2, 0.25) is 0 Å². The van der Waals surface area contributed by atoms with Crippen molar-refractivity contribution in [1.82, 2.24) is 9.38 Å². The van der Waals surface area contributed by atoms with E-state index in [4.69, 9.17) is 4.98 Å². The first-order chi connectivity index (χ1) is 24.2. The van der Waals surface area contributed by atoms with Gasteiger partial charge in [0.25, 0.3) is 0 Å². The Bertz CT molecular complexity index is 2920. The van der Waals surface area contributed by atoms with E-state index >= 15 is 0 Å². The Labute approximate surface area is 291 Å². The van der Waals surface area contributed by atoms with E-state index in [2.05, 4.69) is 195 Å². The van der Waals surface area contributed by atoms with Crippen molar-refractivity contribution in [2.75, 3.05) is 0 Å². The number of hydrogen-bond acceptors (Lipinski definition) is 1. The minimum absolute atomic E-state index is 0.985. The van der Waals surface area contributed by atoms with E-state index in [1.165, 1.54) is 64.9 Å². The molecule has 0 amide bonds. The molecule has 0 radical (unpaired) electrons. The van der Waals surface area contributed by atoms with Crippen LogP contribution in [0.3, 0.4) is 0 Å². The van der Waals surface area contributed by atoms with Crippen LogP contribution in [0.1, 0.15) is 0 Å². The van der Waals surface area contributed by atoms with Crippen molar-refractivity contribution < 1.29 is 0 Å². The van der Waals surface area contributed by atoms with E-state index in [-0.39, 0.29) is 0 Å². The van der Waals surface area contributed by atoms with E-state index in [1.54, 1.807) is 0 Å². The van der Waals surface area contributed by atoms with Crippen LogP contribution in [0, 0.1) is 0 Å². The average molecular weight is 708 g/mol. The number of pyridine rings is 1. The van der Waals surface area contributed by atoms with E-state index in [1.807, 2.05) is 0 Å². The molecule has 10 rings (SSSR count). The Balaban J connectivity index is 1.34. The van der Waals surface area contributed by atoms with E-state index in [9.17, 15) is 0 Å². The van der Waals surface area contributed by atoms with Crippen molar-refractivity contribution in [3.63, 3.8) is 0 Å². The summed E-state index contributed by atoms with van der Waals surface area (Å²) in [4.78, 5) is 5.37. The predicted octanol–water partition coefficient (Wildman–Crippen LogP) is 10.1. The maximum atomic E-state index is 5.37. The van der Waals surface area contributed by atoms with E-state index in [0.29, 0.717) is 0 Å². The Morgan fingerprint density at radius 1 is 0.429 bits per heavy atom.